The molecule has 6 atom stereocenters. The minimum absolute atomic E-state index is 0.124. The highest BCUT2D eigenvalue weighted by molar-refractivity contribution is 5.78. The molecule has 1 saturated heterocycles. The summed E-state index contributed by atoms with van der Waals surface area (Å²) in [6.07, 6.45) is 10.5. The molecule has 1 aliphatic carbocycles. The molecule has 0 spiro atoms. The molecule has 1 saturated carbocycles. The monoisotopic (exact) mass is 603 g/mol. The zero-order chi connectivity index (χ0) is 31.6. The molecule has 2 fully saturated rings. The number of esters is 1. The number of piperazine rings is 1. The van der Waals surface area contributed by atoms with E-state index >= 15 is 0 Å². The number of carbonyl (C=O) groups excluding carboxylic acids is 3. The Labute approximate surface area is 257 Å². The van der Waals surface area contributed by atoms with E-state index in [-0.39, 0.29) is 42.9 Å². The smallest absolute Gasteiger partial charge is 0.410 e. The van der Waals surface area contributed by atoms with Gasteiger partial charge in [0.1, 0.15) is 11.7 Å². The number of aliphatic hydroxyl groups excluding tert-OH is 1. The summed E-state index contributed by atoms with van der Waals surface area (Å²) in [6.45, 7) is 10.5. The predicted molar refractivity (Wildman–Crippen MR) is 165 cm³/mol. The quantitative estimate of drug-likeness (QED) is 0.229. The highest BCUT2D eigenvalue weighted by atomic mass is 16.6. The number of nitrogens with one attached hydrogen (secondary N) is 1. The first-order valence-electron chi connectivity index (χ1n) is 15.9. The second-order valence-electron chi connectivity index (χ2n) is 13.0. The highest BCUT2D eigenvalue weighted by Gasteiger charge is 2.36. The maximum atomic E-state index is 13.0. The molecule has 0 aromatic heterocycles. The van der Waals surface area contributed by atoms with Crippen LogP contribution >= 0.6 is 0 Å². The number of allylic oxidation sites excluding steroid dienone is 2. The van der Waals surface area contributed by atoms with Crippen molar-refractivity contribution in [2.24, 2.45) is 17.8 Å². The lowest BCUT2D eigenvalue weighted by atomic mass is 9.89. The molecular formula is C33H53N3O7. The topological polar surface area (TPSA) is 129 Å². The molecule has 3 rings (SSSR count). The van der Waals surface area contributed by atoms with E-state index in [4.69, 9.17) is 9.47 Å². The molecule has 10 heteroatoms. The maximum Gasteiger partial charge on any atom is 0.410 e. The highest BCUT2D eigenvalue weighted by Crippen LogP contribution is 2.28. The van der Waals surface area contributed by atoms with Gasteiger partial charge in [-0.3, -0.25) is 9.59 Å². The zero-order valence-electron chi connectivity index (χ0n) is 26.7. The van der Waals surface area contributed by atoms with E-state index in [2.05, 4.69) is 10.2 Å². The van der Waals surface area contributed by atoms with E-state index < -0.39 is 36.0 Å². The van der Waals surface area contributed by atoms with Crippen LogP contribution in [0.5, 0.6) is 0 Å². The molecule has 0 bridgehead atoms. The van der Waals surface area contributed by atoms with Crippen molar-refractivity contribution in [2.45, 2.75) is 96.6 Å². The SMILES string of the molecule is C/C(=C\C=C\[C@@H](C)CNC(=O)C1CCCC1)[C@H]1OC(=O)C[C@H](O)CC[C@@](C)(O)[C@@H](OC(=O)N2CCN(C)CC2)/C=C/[C@@H]1C. The van der Waals surface area contributed by atoms with Crippen LogP contribution in [0.15, 0.2) is 36.0 Å². The van der Waals surface area contributed by atoms with Crippen molar-refractivity contribution in [3.8, 4) is 0 Å². The van der Waals surface area contributed by atoms with Gasteiger partial charge in [0, 0.05) is 44.6 Å². The Bertz CT molecular complexity index is 1030. The average molecular weight is 604 g/mol. The predicted octanol–water partition coefficient (Wildman–Crippen LogP) is 3.58. The first-order chi connectivity index (χ1) is 20.4. The number of hydrogen-bond acceptors (Lipinski definition) is 8. The van der Waals surface area contributed by atoms with Crippen LogP contribution in [-0.2, 0) is 19.1 Å². The number of rotatable bonds is 7. The Morgan fingerprint density at radius 2 is 1.86 bits per heavy atom. The van der Waals surface area contributed by atoms with Crippen molar-refractivity contribution in [2.75, 3.05) is 39.8 Å². The van der Waals surface area contributed by atoms with Gasteiger partial charge in [0.05, 0.1) is 12.5 Å². The average Bonchev–Trinajstić information content (AvgIpc) is 3.50. The van der Waals surface area contributed by atoms with Gasteiger partial charge in [0.15, 0.2) is 6.10 Å². The lowest BCUT2D eigenvalue weighted by Crippen LogP contribution is -2.50. The number of likely N-dealkylation sites (N-methyl/N-ethyl adjacent to an activating group) is 1. The maximum absolute atomic E-state index is 13.0. The molecule has 2 heterocycles. The fourth-order valence-electron chi connectivity index (χ4n) is 5.78. The lowest BCUT2D eigenvalue weighted by molar-refractivity contribution is -0.151. The molecule has 2 amide bonds. The van der Waals surface area contributed by atoms with Gasteiger partial charge in [0.25, 0.3) is 0 Å². The van der Waals surface area contributed by atoms with Gasteiger partial charge in [-0.25, -0.2) is 4.79 Å². The van der Waals surface area contributed by atoms with Gasteiger partial charge in [-0.2, -0.15) is 0 Å². The Morgan fingerprint density at radius 1 is 1.19 bits per heavy atom. The second-order valence-corrected chi connectivity index (χ2v) is 13.0. The van der Waals surface area contributed by atoms with E-state index in [0.29, 0.717) is 19.6 Å². The van der Waals surface area contributed by atoms with Gasteiger partial charge in [-0.15, -0.1) is 0 Å². The van der Waals surface area contributed by atoms with E-state index in [0.717, 1.165) is 44.3 Å². The third-order valence-corrected chi connectivity index (χ3v) is 8.89. The molecule has 3 N–H and O–H groups in total. The molecule has 0 aromatic rings. The van der Waals surface area contributed by atoms with Crippen molar-refractivity contribution in [1.29, 1.82) is 0 Å². The number of carbonyl (C=O) groups is 3. The molecule has 10 nitrogen and oxygen atoms in total. The van der Waals surface area contributed by atoms with Crippen molar-refractivity contribution in [1.82, 2.24) is 15.1 Å². The van der Waals surface area contributed by atoms with E-state index in [1.807, 2.05) is 52.1 Å². The summed E-state index contributed by atoms with van der Waals surface area (Å²) in [5.41, 5.74) is -0.650. The number of nitrogens with zero attached hydrogens (tertiary/aromatic N) is 2. The van der Waals surface area contributed by atoms with Crippen molar-refractivity contribution in [3.05, 3.63) is 36.0 Å². The van der Waals surface area contributed by atoms with Crippen LogP contribution in [0.25, 0.3) is 0 Å². The van der Waals surface area contributed by atoms with Crippen LogP contribution in [0.4, 0.5) is 4.79 Å². The van der Waals surface area contributed by atoms with Crippen LogP contribution in [0.3, 0.4) is 0 Å². The summed E-state index contributed by atoms with van der Waals surface area (Å²) in [6, 6.07) is 0. The summed E-state index contributed by atoms with van der Waals surface area (Å²) >= 11 is 0. The zero-order valence-corrected chi connectivity index (χ0v) is 26.7. The van der Waals surface area contributed by atoms with Crippen LogP contribution in [-0.4, -0.2) is 102 Å². The first-order valence-corrected chi connectivity index (χ1v) is 15.9. The third kappa shape index (κ3) is 11.1. The van der Waals surface area contributed by atoms with Gasteiger partial charge < -0.3 is 34.8 Å². The summed E-state index contributed by atoms with van der Waals surface area (Å²) in [7, 11) is 2.00. The standard InChI is InChI=1S/C33H53N3O7/c1-23(22-34-31(39)26-11-6-7-12-26)9-8-10-24(2)30-25(3)13-14-28(42-32(40)36-19-17-35(5)18-20-36)33(4,41)16-15-27(37)21-29(38)43-30/h8-10,13-14,23,25-28,30,37,41H,6-7,11-12,15-22H2,1-5H3,(H,34,39)/b9-8+,14-13+,24-10+/t23-,25+,27-,28+,30-,33-/m1/s1. The molecule has 0 aromatic carbocycles. The van der Waals surface area contributed by atoms with Gasteiger partial charge >= 0.3 is 12.1 Å². The summed E-state index contributed by atoms with van der Waals surface area (Å²) in [4.78, 5) is 41.9. The fourth-order valence-corrected chi connectivity index (χ4v) is 5.78. The summed E-state index contributed by atoms with van der Waals surface area (Å²) < 4.78 is 11.7. The molecule has 242 valence electrons. The number of hydrogen-bond donors (Lipinski definition) is 3. The molecule has 2 aliphatic heterocycles. The van der Waals surface area contributed by atoms with Crippen LogP contribution in [0, 0.1) is 17.8 Å². The molecule has 0 radical (unpaired) electrons. The molecule has 0 unspecified atom stereocenters. The Balaban J connectivity index is 1.71. The van der Waals surface area contributed by atoms with E-state index in [1.54, 1.807) is 17.9 Å². The van der Waals surface area contributed by atoms with E-state index in [1.165, 1.54) is 0 Å². The van der Waals surface area contributed by atoms with Crippen LogP contribution in [0.2, 0.25) is 0 Å². The first kappa shape index (κ1) is 34.8. The molecule has 3 aliphatic rings. The number of cyclic esters (lactones) is 1. The van der Waals surface area contributed by atoms with Crippen molar-refractivity contribution in [3.63, 3.8) is 0 Å². The van der Waals surface area contributed by atoms with Crippen LogP contribution in [0.1, 0.15) is 72.6 Å². The van der Waals surface area contributed by atoms with Crippen LogP contribution < -0.4 is 5.32 Å². The van der Waals surface area contributed by atoms with Crippen molar-refractivity contribution >= 4 is 18.0 Å². The number of ether oxygens (including phenoxy) is 2. The van der Waals surface area contributed by atoms with Crippen molar-refractivity contribution < 1.29 is 34.1 Å². The summed E-state index contributed by atoms with van der Waals surface area (Å²) in [5.74, 6) is -0.428. The number of amides is 2. The second kappa shape index (κ2) is 16.4. The Hall–Kier alpha value is -2.69. The minimum atomic E-state index is -1.45. The third-order valence-electron chi connectivity index (χ3n) is 8.89. The lowest BCUT2D eigenvalue weighted by Gasteiger charge is -2.36. The number of aliphatic hydroxyl groups is 2. The largest absolute Gasteiger partial charge is 0.457 e. The Kier molecular flexibility index (Phi) is 13.3. The normalized spacial score (nSPS) is 32.0. The fraction of sp³-hybridized carbons (Fsp3) is 0.727. The summed E-state index contributed by atoms with van der Waals surface area (Å²) in [5, 5.41) is 24.9. The Morgan fingerprint density at radius 3 is 2.53 bits per heavy atom. The van der Waals surface area contributed by atoms with E-state index in [9.17, 15) is 24.6 Å². The van der Waals surface area contributed by atoms with Gasteiger partial charge in [0.2, 0.25) is 5.91 Å². The minimum Gasteiger partial charge on any atom is -0.457 e. The molecule has 43 heavy (non-hydrogen) atoms. The van der Waals surface area contributed by atoms with Gasteiger partial charge in [-0.1, -0.05) is 51.0 Å². The molecular weight excluding hydrogens is 550 g/mol. The van der Waals surface area contributed by atoms with Gasteiger partial charge in [-0.05, 0) is 64.1 Å².